The smallest absolute Gasteiger partial charge is 0.493 e. The second-order valence-electron chi connectivity index (χ2n) is 8.35. The zero-order valence-electron chi connectivity index (χ0n) is 18.8. The minimum atomic E-state index is -1.06. The number of benzene rings is 1. The Morgan fingerprint density at radius 2 is 1.32 bits per heavy atom. The zero-order chi connectivity index (χ0) is 24.1. The van der Waals surface area contributed by atoms with E-state index in [1.54, 1.807) is 64.1 Å². The van der Waals surface area contributed by atoms with Crippen LogP contribution in [0.5, 0.6) is 23.0 Å². The number of hydrogen-bond acceptors (Lipinski definition) is 9. The van der Waals surface area contributed by atoms with E-state index in [1.165, 1.54) is 20.1 Å². The molecular weight excluding hydrogens is 523 g/mol. The highest BCUT2D eigenvalue weighted by molar-refractivity contribution is 14.1. The van der Waals surface area contributed by atoms with E-state index >= 15 is 0 Å². The zero-order valence-corrected chi connectivity index (χ0v) is 21.0. The molecule has 0 unspecified atom stereocenters. The molecule has 0 radical (unpaired) electrons. The highest BCUT2D eigenvalue weighted by atomic mass is 127. The summed E-state index contributed by atoms with van der Waals surface area (Å²) in [5.41, 5.74) is -1.53. The van der Waals surface area contributed by atoms with Crippen LogP contribution in [0, 0.1) is 3.57 Å². The molecule has 0 heterocycles. The Kier molecular flexibility index (Phi) is 8.74. The van der Waals surface area contributed by atoms with E-state index in [0.29, 0.717) is 0 Å². The van der Waals surface area contributed by atoms with Crippen molar-refractivity contribution < 1.29 is 42.8 Å². The normalized spacial score (nSPS) is 11.3. The first-order valence-electron chi connectivity index (χ1n) is 9.14. The molecule has 1 aromatic rings. The molecule has 10 heteroatoms. The van der Waals surface area contributed by atoms with Gasteiger partial charge in [0.2, 0.25) is 5.75 Å². The van der Waals surface area contributed by atoms with Gasteiger partial charge >= 0.3 is 18.3 Å². The Morgan fingerprint density at radius 3 is 1.74 bits per heavy atom. The van der Waals surface area contributed by atoms with Gasteiger partial charge in [0.25, 0.3) is 0 Å². The summed E-state index contributed by atoms with van der Waals surface area (Å²) in [5, 5.41) is 0. The Labute approximate surface area is 195 Å². The monoisotopic (exact) mass is 550 g/mol. The summed E-state index contributed by atoms with van der Waals surface area (Å²) in [6.45, 7) is 15.0. The molecule has 31 heavy (non-hydrogen) atoms. The van der Waals surface area contributed by atoms with Gasteiger partial charge in [-0.1, -0.05) is 6.58 Å². The van der Waals surface area contributed by atoms with Crippen LogP contribution in [0.1, 0.15) is 48.5 Å². The summed E-state index contributed by atoms with van der Waals surface area (Å²) >= 11 is 1.77. The standard InChI is InChI=1S/C21H27IO9/c1-11(2)17(23)28-15-13(26-9)10-12(27-18(24)30-20(3,4)5)14(22)16(15)29-19(25)31-21(6,7)8/h10H,1H2,2-9H3. The molecule has 0 fully saturated rings. The number of methoxy groups -OCH3 is 1. The van der Waals surface area contributed by atoms with Crippen LogP contribution in [0.25, 0.3) is 0 Å². The van der Waals surface area contributed by atoms with Crippen molar-refractivity contribution in [2.24, 2.45) is 0 Å². The molecule has 0 bridgehead atoms. The van der Waals surface area contributed by atoms with Gasteiger partial charge in [0.1, 0.15) is 14.8 Å². The van der Waals surface area contributed by atoms with Crippen LogP contribution in [0.15, 0.2) is 18.2 Å². The molecule has 0 atom stereocenters. The molecular formula is C21H27IO9. The molecule has 0 aliphatic heterocycles. The van der Waals surface area contributed by atoms with Crippen molar-refractivity contribution in [3.8, 4) is 23.0 Å². The molecule has 9 nitrogen and oxygen atoms in total. The van der Waals surface area contributed by atoms with E-state index in [4.69, 9.17) is 28.4 Å². The number of esters is 1. The largest absolute Gasteiger partial charge is 0.514 e. The molecule has 0 saturated carbocycles. The molecule has 0 N–H and O–H groups in total. The van der Waals surface area contributed by atoms with Gasteiger partial charge in [0, 0.05) is 11.6 Å². The number of carbonyl (C=O) groups is 3. The predicted octanol–water partition coefficient (Wildman–Crippen LogP) is 5.41. The lowest BCUT2D eigenvalue weighted by atomic mass is 10.2. The van der Waals surface area contributed by atoms with Gasteiger partial charge in [0.15, 0.2) is 17.2 Å². The van der Waals surface area contributed by atoms with Crippen LogP contribution in [0.3, 0.4) is 0 Å². The second-order valence-corrected chi connectivity index (χ2v) is 9.43. The van der Waals surface area contributed by atoms with Crippen molar-refractivity contribution in [1.82, 2.24) is 0 Å². The predicted molar refractivity (Wildman–Crippen MR) is 120 cm³/mol. The lowest BCUT2D eigenvalue weighted by molar-refractivity contribution is -0.130. The molecule has 0 amide bonds. The number of ether oxygens (including phenoxy) is 6. The number of carbonyl (C=O) groups excluding carboxylic acids is 3. The van der Waals surface area contributed by atoms with Crippen LogP contribution in [0.2, 0.25) is 0 Å². The van der Waals surface area contributed by atoms with Crippen molar-refractivity contribution in [2.45, 2.75) is 59.7 Å². The van der Waals surface area contributed by atoms with Gasteiger partial charge in [-0.15, -0.1) is 0 Å². The van der Waals surface area contributed by atoms with Crippen LogP contribution in [0.4, 0.5) is 9.59 Å². The summed E-state index contributed by atoms with van der Waals surface area (Å²) in [4.78, 5) is 36.5. The first-order chi connectivity index (χ1) is 14.0. The topological polar surface area (TPSA) is 107 Å². The van der Waals surface area contributed by atoms with Crippen LogP contribution >= 0.6 is 22.6 Å². The SMILES string of the molecule is C=C(C)C(=O)Oc1c(OC)cc(OC(=O)OC(C)(C)C)c(I)c1OC(=O)OC(C)(C)C. The van der Waals surface area contributed by atoms with Crippen LogP contribution < -0.4 is 18.9 Å². The summed E-state index contributed by atoms with van der Waals surface area (Å²) in [6.07, 6.45) is -2.04. The number of rotatable bonds is 5. The Morgan fingerprint density at radius 1 is 0.839 bits per heavy atom. The molecule has 0 aromatic heterocycles. The van der Waals surface area contributed by atoms with Crippen molar-refractivity contribution >= 4 is 40.9 Å². The minimum Gasteiger partial charge on any atom is -0.493 e. The molecule has 0 saturated heterocycles. The lowest BCUT2D eigenvalue weighted by Gasteiger charge is -2.22. The van der Waals surface area contributed by atoms with E-state index in [1.807, 2.05) is 0 Å². The van der Waals surface area contributed by atoms with Gasteiger partial charge < -0.3 is 28.4 Å². The third-order valence-electron chi connectivity index (χ3n) is 3.03. The summed E-state index contributed by atoms with van der Waals surface area (Å²) in [7, 11) is 1.30. The summed E-state index contributed by atoms with van der Waals surface area (Å²) in [5.74, 6) is -1.29. The molecule has 172 valence electrons. The second kappa shape index (κ2) is 10.2. The molecule has 1 rings (SSSR count). The van der Waals surface area contributed by atoms with Gasteiger partial charge in [0.05, 0.1) is 7.11 Å². The molecule has 1 aromatic carbocycles. The first kappa shape index (κ1) is 26.5. The lowest BCUT2D eigenvalue weighted by Crippen LogP contribution is -2.27. The fourth-order valence-corrected chi connectivity index (χ4v) is 2.50. The first-order valence-corrected chi connectivity index (χ1v) is 10.2. The van der Waals surface area contributed by atoms with Crippen molar-refractivity contribution in [1.29, 1.82) is 0 Å². The van der Waals surface area contributed by atoms with Crippen molar-refractivity contribution in [2.75, 3.05) is 7.11 Å². The van der Waals surface area contributed by atoms with Crippen molar-refractivity contribution in [3.63, 3.8) is 0 Å². The Bertz CT molecular complexity index is 876. The summed E-state index contributed by atoms with van der Waals surface area (Å²) < 4.78 is 31.6. The maximum atomic E-state index is 12.3. The number of halogens is 1. The molecule has 0 spiro atoms. The van der Waals surface area contributed by atoms with E-state index in [0.717, 1.165) is 0 Å². The fraction of sp³-hybridized carbons (Fsp3) is 0.476. The van der Waals surface area contributed by atoms with Gasteiger partial charge in [-0.25, -0.2) is 14.4 Å². The quantitative estimate of drug-likeness (QED) is 0.156. The third kappa shape index (κ3) is 8.64. The maximum absolute atomic E-state index is 12.3. The number of hydrogen-bond donors (Lipinski definition) is 0. The molecule has 0 aliphatic carbocycles. The van der Waals surface area contributed by atoms with Gasteiger partial charge in [-0.3, -0.25) is 0 Å². The summed E-state index contributed by atoms with van der Waals surface area (Å²) in [6, 6.07) is 1.30. The van der Waals surface area contributed by atoms with Crippen LogP contribution in [-0.4, -0.2) is 36.6 Å². The highest BCUT2D eigenvalue weighted by Gasteiger charge is 2.29. The average Bonchev–Trinajstić information content (AvgIpc) is 2.56. The minimum absolute atomic E-state index is 0.0351. The van der Waals surface area contributed by atoms with E-state index in [9.17, 15) is 14.4 Å². The van der Waals surface area contributed by atoms with E-state index < -0.39 is 29.5 Å². The molecule has 0 aliphatic rings. The van der Waals surface area contributed by atoms with Crippen molar-refractivity contribution in [3.05, 3.63) is 21.8 Å². The van der Waals surface area contributed by atoms with E-state index in [2.05, 4.69) is 6.58 Å². The van der Waals surface area contributed by atoms with Crippen LogP contribution in [-0.2, 0) is 14.3 Å². The fourth-order valence-electron chi connectivity index (χ4n) is 1.88. The van der Waals surface area contributed by atoms with E-state index in [-0.39, 0.29) is 32.1 Å². The Hall–Kier alpha value is -2.50. The highest BCUT2D eigenvalue weighted by Crippen LogP contribution is 2.46. The Balaban J connectivity index is 3.49. The van der Waals surface area contributed by atoms with Gasteiger partial charge in [-0.05, 0) is 71.1 Å². The third-order valence-corrected chi connectivity index (χ3v) is 4.05. The average molecular weight is 550 g/mol. The maximum Gasteiger partial charge on any atom is 0.514 e. The van der Waals surface area contributed by atoms with Gasteiger partial charge in [-0.2, -0.15) is 0 Å².